The number of benzene rings is 1. The number of nitrogens with zero attached hydrogens (tertiary/aromatic N) is 5. The minimum atomic E-state index is 0.869. The lowest BCUT2D eigenvalue weighted by atomic mass is 10.0. The largest absolute Gasteiger partial charge is 0.354 e. The number of aryl methyl sites for hydroxylation is 4. The molecule has 7 aromatic rings. The topological polar surface area (TPSA) is 69.0 Å². The van der Waals surface area contributed by atoms with Crippen molar-refractivity contribution in [3.05, 3.63) is 150 Å². The van der Waals surface area contributed by atoms with Gasteiger partial charge in [0.1, 0.15) is 21.1 Å². The Morgan fingerprint density at radius 2 is 0.673 bits per heavy atom. The van der Waals surface area contributed by atoms with Gasteiger partial charge in [0.15, 0.2) is 37.2 Å². The first-order valence-electron chi connectivity index (χ1n) is 17.5. The molecule has 2 aliphatic rings. The van der Waals surface area contributed by atoms with Gasteiger partial charge in [-0.1, -0.05) is 29.8 Å². The van der Waals surface area contributed by atoms with Gasteiger partial charge in [0.05, 0.1) is 22.8 Å². The number of aromatic nitrogens is 7. The highest BCUT2D eigenvalue weighted by molar-refractivity contribution is 6.00. The number of H-pyrrole nitrogens is 2. The van der Waals surface area contributed by atoms with E-state index in [1.807, 2.05) is 25.7 Å². The van der Waals surface area contributed by atoms with Crippen molar-refractivity contribution >= 4 is 46.4 Å². The second-order valence-corrected chi connectivity index (χ2v) is 13.6. The molecule has 0 spiro atoms. The summed E-state index contributed by atoms with van der Waals surface area (Å²) in [7, 11) is 6.11. The molecule has 0 saturated carbocycles. The Morgan fingerprint density at radius 1 is 0.365 bits per heavy atom. The van der Waals surface area contributed by atoms with Gasteiger partial charge in [-0.25, -0.2) is 23.7 Å². The number of pyridine rings is 3. The van der Waals surface area contributed by atoms with Crippen LogP contribution in [0.2, 0.25) is 0 Å². The Balaban J connectivity index is 1.47. The van der Waals surface area contributed by atoms with E-state index in [-0.39, 0.29) is 0 Å². The van der Waals surface area contributed by atoms with Crippen LogP contribution < -0.4 is 13.7 Å². The molecule has 0 saturated heterocycles. The number of nitrogens with one attached hydrogen (secondary N) is 2. The van der Waals surface area contributed by atoms with Crippen LogP contribution in [0.15, 0.2) is 122 Å². The lowest BCUT2D eigenvalue weighted by Gasteiger charge is -2.06. The maximum absolute atomic E-state index is 5.38. The normalized spacial score (nSPS) is 12.1. The third-order valence-corrected chi connectivity index (χ3v) is 9.90. The van der Waals surface area contributed by atoms with E-state index in [1.54, 1.807) is 0 Å². The molecule has 9 rings (SSSR count). The molecule has 0 atom stereocenters. The zero-order valence-corrected chi connectivity index (χ0v) is 29.6. The van der Waals surface area contributed by atoms with Crippen molar-refractivity contribution in [1.82, 2.24) is 19.9 Å². The molecule has 2 aliphatic heterocycles. The summed E-state index contributed by atoms with van der Waals surface area (Å²) < 4.78 is 6.15. The molecule has 7 heteroatoms. The van der Waals surface area contributed by atoms with Crippen LogP contribution in [0.1, 0.15) is 28.3 Å². The van der Waals surface area contributed by atoms with E-state index >= 15 is 0 Å². The SMILES string of the molecule is Cc1ccc(-c2c3ccc([nH]3)c(-c3cc[n+](C)cc3)c3nc(c(-c4cc[n+](C)cc4)c4nc(c(-c5cc[n+](C)cc5)c5ccc2[nH]5)C=C4)C=C3)cc1. The Labute approximate surface area is 302 Å². The lowest BCUT2D eigenvalue weighted by Crippen LogP contribution is -2.25. The van der Waals surface area contributed by atoms with Crippen LogP contribution in [0.5, 0.6) is 0 Å². The molecule has 0 radical (unpaired) electrons. The van der Waals surface area contributed by atoms with E-state index in [1.165, 1.54) is 5.56 Å². The van der Waals surface area contributed by atoms with Gasteiger partial charge in [-0.05, 0) is 77.7 Å². The number of hydrogen-bond donors (Lipinski definition) is 2. The highest BCUT2D eigenvalue weighted by Crippen LogP contribution is 2.38. The summed E-state index contributed by atoms with van der Waals surface area (Å²) in [6, 6.07) is 30.3. The summed E-state index contributed by atoms with van der Waals surface area (Å²) in [6.45, 7) is 2.12. The number of hydrogen-bond acceptors (Lipinski definition) is 2. The minimum Gasteiger partial charge on any atom is -0.354 e. The first-order valence-corrected chi connectivity index (χ1v) is 17.5. The quantitative estimate of drug-likeness (QED) is 0.185. The predicted octanol–water partition coefficient (Wildman–Crippen LogP) is 8.11. The summed E-state index contributed by atoms with van der Waals surface area (Å²) in [6.07, 6.45) is 21.0. The van der Waals surface area contributed by atoms with Crippen LogP contribution in [-0.4, -0.2) is 19.9 Å². The molecule has 7 nitrogen and oxygen atoms in total. The maximum atomic E-state index is 5.38. The Hall–Kier alpha value is -6.73. The van der Waals surface area contributed by atoms with E-state index in [0.29, 0.717) is 0 Å². The summed E-state index contributed by atoms with van der Waals surface area (Å²) in [4.78, 5) is 18.5. The average molecular weight is 677 g/mol. The third kappa shape index (κ3) is 5.62. The van der Waals surface area contributed by atoms with E-state index in [4.69, 9.17) is 9.97 Å². The molecule has 0 amide bonds. The average Bonchev–Trinajstić information content (AvgIpc) is 3.99. The number of rotatable bonds is 4. The summed E-state index contributed by atoms with van der Waals surface area (Å²) in [5.41, 5.74) is 17.2. The fourth-order valence-corrected chi connectivity index (χ4v) is 7.14. The van der Waals surface area contributed by atoms with Crippen molar-refractivity contribution < 1.29 is 13.7 Å². The molecule has 0 fully saturated rings. The van der Waals surface area contributed by atoms with Gasteiger partial charge in [0, 0.05) is 80.7 Å². The highest BCUT2D eigenvalue weighted by Gasteiger charge is 2.20. The van der Waals surface area contributed by atoms with Gasteiger partial charge in [0.2, 0.25) is 0 Å². The van der Waals surface area contributed by atoms with Crippen LogP contribution in [0.3, 0.4) is 0 Å². The van der Waals surface area contributed by atoms with Crippen LogP contribution >= 0.6 is 0 Å². The molecule has 0 aliphatic carbocycles. The molecule has 52 heavy (non-hydrogen) atoms. The predicted molar refractivity (Wildman–Crippen MR) is 209 cm³/mol. The Kier molecular flexibility index (Phi) is 7.55. The molecule has 8 heterocycles. The maximum Gasteiger partial charge on any atom is 0.169 e. The molecule has 6 aromatic heterocycles. The Morgan fingerprint density at radius 3 is 1.06 bits per heavy atom. The third-order valence-electron chi connectivity index (χ3n) is 9.90. The summed E-state index contributed by atoms with van der Waals surface area (Å²) in [5, 5.41) is 0. The smallest absolute Gasteiger partial charge is 0.169 e. The van der Waals surface area contributed by atoms with Crippen LogP contribution in [0.25, 0.3) is 90.9 Å². The van der Waals surface area contributed by atoms with Crippen molar-refractivity contribution in [2.24, 2.45) is 21.1 Å². The summed E-state index contributed by atoms with van der Waals surface area (Å²) in [5.74, 6) is 0. The lowest BCUT2D eigenvalue weighted by molar-refractivity contribution is -0.671. The van der Waals surface area contributed by atoms with Crippen LogP contribution in [0, 0.1) is 6.92 Å². The molecular formula is C45H38N7+3. The van der Waals surface area contributed by atoms with E-state index in [9.17, 15) is 0 Å². The molecule has 2 N–H and O–H groups in total. The number of fused-ring (bicyclic) bond motifs is 8. The second kappa shape index (κ2) is 12.5. The molecular weight excluding hydrogens is 639 g/mol. The van der Waals surface area contributed by atoms with Crippen LogP contribution in [0.4, 0.5) is 0 Å². The van der Waals surface area contributed by atoms with Crippen molar-refractivity contribution in [2.75, 3.05) is 0 Å². The van der Waals surface area contributed by atoms with Crippen LogP contribution in [-0.2, 0) is 21.1 Å². The standard InChI is InChI=1S/C45H37N7/c1-29-5-7-30(8-6-29)42-34-9-11-36(46-34)43(31-17-23-50(2)24-18-31)38-13-15-40(48-38)45(33-21-27-52(4)28-22-33)41-16-14-39(49-41)44(37-12-10-35(42)47-37)32-19-25-51(3)26-20-32/h5-28H,1-4H3,(H,46,47,48,49)/q+2/p+1. The van der Waals surface area contributed by atoms with E-state index < -0.39 is 0 Å². The van der Waals surface area contributed by atoms with Gasteiger partial charge >= 0.3 is 0 Å². The van der Waals surface area contributed by atoms with Crippen molar-refractivity contribution in [3.63, 3.8) is 0 Å². The summed E-state index contributed by atoms with van der Waals surface area (Å²) >= 11 is 0. The molecule has 8 bridgehead atoms. The molecule has 250 valence electrons. The fraction of sp³-hybridized carbons (Fsp3) is 0.0889. The Bertz CT molecular complexity index is 2580. The monoisotopic (exact) mass is 676 g/mol. The van der Waals surface area contributed by atoms with Crippen molar-refractivity contribution in [3.8, 4) is 44.5 Å². The zero-order valence-electron chi connectivity index (χ0n) is 29.6. The van der Waals surface area contributed by atoms with Gasteiger partial charge in [-0.3, -0.25) is 0 Å². The van der Waals surface area contributed by atoms with Gasteiger partial charge in [0.25, 0.3) is 0 Å². The van der Waals surface area contributed by atoms with Crippen molar-refractivity contribution in [1.29, 1.82) is 0 Å². The number of aromatic amines is 2. The fourth-order valence-electron chi connectivity index (χ4n) is 7.14. The van der Waals surface area contributed by atoms with Gasteiger partial charge in [-0.15, -0.1) is 0 Å². The molecule has 0 unspecified atom stereocenters. The molecule has 1 aromatic carbocycles. The van der Waals surface area contributed by atoms with Crippen molar-refractivity contribution in [2.45, 2.75) is 6.92 Å². The minimum absolute atomic E-state index is 0.869. The second-order valence-electron chi connectivity index (χ2n) is 13.6. The van der Waals surface area contributed by atoms with Gasteiger partial charge in [-0.2, -0.15) is 0 Å². The zero-order chi connectivity index (χ0) is 35.3. The van der Waals surface area contributed by atoms with E-state index in [0.717, 1.165) is 89.4 Å². The highest BCUT2D eigenvalue weighted by atomic mass is 14.9. The van der Waals surface area contributed by atoms with E-state index in [2.05, 4.69) is 172 Å². The van der Waals surface area contributed by atoms with Gasteiger partial charge < -0.3 is 9.97 Å². The first-order chi connectivity index (χ1) is 25.4. The first kappa shape index (κ1) is 31.3.